The van der Waals surface area contributed by atoms with Crippen molar-refractivity contribution in [3.8, 4) is 0 Å². The van der Waals surface area contributed by atoms with E-state index in [9.17, 15) is 44.3 Å². The van der Waals surface area contributed by atoms with Crippen LogP contribution in [0, 0.1) is 0 Å². The largest absolute Gasteiger partial charge is 0.501 e. The van der Waals surface area contributed by atoms with Gasteiger partial charge in [-0.1, -0.05) is 0 Å². The van der Waals surface area contributed by atoms with Crippen LogP contribution < -0.4 is 0 Å². The van der Waals surface area contributed by atoms with Crippen molar-refractivity contribution in [3.05, 3.63) is 0 Å². The van der Waals surface area contributed by atoms with Gasteiger partial charge in [-0.2, -0.15) is 39.5 Å². The molecule has 0 aliphatic rings. The Morgan fingerprint density at radius 3 is 1.40 bits per heavy atom. The van der Waals surface area contributed by atoms with Crippen LogP contribution in [0.1, 0.15) is 6.42 Å². The van der Waals surface area contributed by atoms with Gasteiger partial charge in [0.05, 0.1) is 6.54 Å². The summed E-state index contributed by atoms with van der Waals surface area (Å²) in [5.74, 6) is 0. The molecule has 5 nitrogen and oxygen atoms in total. The van der Waals surface area contributed by atoms with Crippen LogP contribution in [0.2, 0.25) is 6.04 Å². The molecule has 0 radical (unpaired) electrons. The first-order chi connectivity index (χ1) is 11.2. The van der Waals surface area contributed by atoms with Crippen molar-refractivity contribution in [1.29, 1.82) is 0 Å². The Kier molecular flexibility index (Phi) is 9.08. The number of halogens is 9. The molecular weight excluding hydrogens is 397 g/mol. The molecule has 0 aliphatic heterocycles. The normalized spacial score (nSPS) is 13.6. The predicted octanol–water partition coefficient (Wildman–Crippen LogP) is 3.39. The van der Waals surface area contributed by atoms with E-state index in [0.29, 0.717) is 0 Å². The van der Waals surface area contributed by atoms with E-state index in [1.165, 1.54) is 0 Å². The van der Waals surface area contributed by atoms with Gasteiger partial charge >= 0.3 is 27.3 Å². The zero-order chi connectivity index (χ0) is 19.8. The Hall–Kier alpha value is -1.15. The minimum atomic E-state index is -5.04. The predicted molar refractivity (Wildman–Crippen MR) is 64.2 cm³/mol. The van der Waals surface area contributed by atoms with Crippen LogP contribution in [0.5, 0.6) is 0 Å². The van der Waals surface area contributed by atoms with Crippen LogP contribution in [0.3, 0.4) is 0 Å². The summed E-state index contributed by atoms with van der Waals surface area (Å²) in [5, 5.41) is 0. The fourth-order valence-electron chi connectivity index (χ4n) is 1.34. The quantitative estimate of drug-likeness (QED) is 0.183. The first-order valence-corrected chi connectivity index (χ1v) is 8.27. The Bertz CT molecular complexity index is 400. The van der Waals surface area contributed by atoms with Crippen molar-refractivity contribution in [3.63, 3.8) is 0 Å². The fraction of sp³-hybridized carbons (Fsp3) is 0.900. The van der Waals surface area contributed by atoms with Gasteiger partial charge in [0.15, 0.2) is 0 Å². The minimum absolute atomic E-state index is 0.408. The lowest BCUT2D eigenvalue weighted by molar-refractivity contribution is -0.194. The van der Waals surface area contributed by atoms with Crippen LogP contribution in [0.4, 0.5) is 39.5 Å². The lowest BCUT2D eigenvalue weighted by Crippen LogP contribution is -2.51. The van der Waals surface area contributed by atoms with Gasteiger partial charge in [0.25, 0.3) is 0 Å². The number of aliphatic imine (C=N–C) groups is 1. The number of hydrogen-bond acceptors (Lipinski definition) is 5. The minimum Gasteiger partial charge on any atom is -0.364 e. The van der Waals surface area contributed by atoms with Crippen LogP contribution in [-0.2, 0) is 18.1 Å². The summed E-state index contributed by atoms with van der Waals surface area (Å²) in [6, 6.07) is -0.847. The van der Waals surface area contributed by atoms with Crippen LogP contribution in [0.25, 0.3) is 0 Å². The maximum atomic E-state index is 12.2. The average molecular weight is 409 g/mol. The molecule has 0 spiro atoms. The summed E-state index contributed by atoms with van der Waals surface area (Å²) in [6.45, 7) is -6.90. The van der Waals surface area contributed by atoms with Crippen molar-refractivity contribution in [2.24, 2.45) is 4.99 Å². The van der Waals surface area contributed by atoms with Gasteiger partial charge in [-0.3, -0.25) is 0 Å². The lowest BCUT2D eigenvalue weighted by Gasteiger charge is -2.30. The molecule has 148 valence electrons. The summed E-state index contributed by atoms with van der Waals surface area (Å²) < 4.78 is 123. The van der Waals surface area contributed by atoms with Crippen LogP contribution in [-0.4, -0.2) is 59.8 Å². The SMILES string of the molecule is O=C=NCCC[Si](OCC(F)(F)F)(OCC(F)(F)F)OCC(F)(F)F. The summed E-state index contributed by atoms with van der Waals surface area (Å²) in [5.41, 5.74) is 0. The Balaban J connectivity index is 5.28. The van der Waals surface area contributed by atoms with Gasteiger partial charge in [-0.05, 0) is 6.42 Å². The van der Waals surface area contributed by atoms with Crippen LogP contribution >= 0.6 is 0 Å². The molecule has 25 heavy (non-hydrogen) atoms. The van der Waals surface area contributed by atoms with E-state index in [1.54, 1.807) is 0 Å². The second kappa shape index (κ2) is 9.52. The molecule has 0 unspecified atom stereocenters. The fourth-order valence-corrected chi connectivity index (χ4v) is 3.76. The Morgan fingerprint density at radius 1 is 0.760 bits per heavy atom. The molecule has 15 heteroatoms. The first-order valence-electron chi connectivity index (χ1n) is 6.34. The number of carbonyl (C=O) groups excluding carboxylic acids is 1. The van der Waals surface area contributed by atoms with Crippen molar-refractivity contribution in [2.45, 2.75) is 31.0 Å². The summed E-state index contributed by atoms with van der Waals surface area (Å²) in [6.07, 6.45) is -14.5. The molecule has 0 saturated heterocycles. The van der Waals surface area contributed by atoms with Crippen molar-refractivity contribution < 1.29 is 57.6 Å². The number of nitrogens with zero attached hydrogens (tertiary/aromatic N) is 1. The van der Waals surface area contributed by atoms with Crippen LogP contribution in [0.15, 0.2) is 4.99 Å². The smallest absolute Gasteiger partial charge is 0.364 e. The second-order valence-electron chi connectivity index (χ2n) is 4.47. The highest BCUT2D eigenvalue weighted by Crippen LogP contribution is 2.28. The maximum Gasteiger partial charge on any atom is 0.501 e. The maximum absolute atomic E-state index is 12.2. The number of hydrogen-bond donors (Lipinski definition) is 0. The topological polar surface area (TPSA) is 57.1 Å². The van der Waals surface area contributed by atoms with Gasteiger partial charge < -0.3 is 13.3 Å². The van der Waals surface area contributed by atoms with E-state index in [1.807, 2.05) is 0 Å². The molecule has 0 amide bonds. The molecular formula is C10H12F9NO4Si. The molecule has 0 aliphatic carbocycles. The molecule has 0 aromatic heterocycles. The first kappa shape index (κ1) is 23.8. The summed E-state index contributed by atoms with van der Waals surface area (Å²) in [7, 11) is -5.02. The van der Waals surface area contributed by atoms with Gasteiger partial charge in [-0.15, -0.1) is 0 Å². The third-order valence-corrected chi connectivity index (χ3v) is 4.90. The van der Waals surface area contributed by atoms with Gasteiger partial charge in [0.2, 0.25) is 6.08 Å². The molecule has 0 fully saturated rings. The Morgan fingerprint density at radius 2 is 1.12 bits per heavy atom. The second-order valence-corrected chi connectivity index (χ2v) is 7.20. The van der Waals surface area contributed by atoms with E-state index in [4.69, 9.17) is 0 Å². The molecule has 0 aromatic carbocycles. The average Bonchev–Trinajstić information content (AvgIpc) is 2.42. The zero-order valence-electron chi connectivity index (χ0n) is 12.2. The highest BCUT2D eigenvalue weighted by atomic mass is 28.4. The molecule has 0 heterocycles. The van der Waals surface area contributed by atoms with Gasteiger partial charge in [0.1, 0.15) is 19.8 Å². The highest BCUT2D eigenvalue weighted by molar-refractivity contribution is 6.60. The van der Waals surface area contributed by atoms with E-state index in [2.05, 4.69) is 18.3 Å². The molecule has 0 bridgehead atoms. The summed E-state index contributed by atoms with van der Waals surface area (Å²) in [4.78, 5) is 12.9. The van der Waals surface area contributed by atoms with Gasteiger partial charge in [-0.25, -0.2) is 9.79 Å². The number of isocyanates is 1. The number of rotatable bonds is 10. The lowest BCUT2D eigenvalue weighted by atomic mass is 10.5. The molecule has 0 aromatic rings. The van der Waals surface area contributed by atoms with E-state index in [0.717, 1.165) is 6.08 Å². The number of alkyl halides is 9. The standard InChI is InChI=1S/C10H12F9NO4Si/c11-8(12,13)4-22-25(3-1-2-20-7-21,23-5-9(14,15)16)24-6-10(17,18)19/h1-6H2. The van der Waals surface area contributed by atoms with Crippen molar-refractivity contribution in [2.75, 3.05) is 26.4 Å². The zero-order valence-corrected chi connectivity index (χ0v) is 13.2. The summed E-state index contributed by atoms with van der Waals surface area (Å²) >= 11 is 0. The molecule has 0 saturated carbocycles. The van der Waals surface area contributed by atoms with Crippen molar-refractivity contribution >= 4 is 14.9 Å². The Labute approximate surface area is 136 Å². The molecule has 0 rings (SSSR count). The van der Waals surface area contributed by atoms with Crippen molar-refractivity contribution in [1.82, 2.24) is 0 Å². The third kappa shape index (κ3) is 13.8. The monoisotopic (exact) mass is 409 g/mol. The van der Waals surface area contributed by atoms with E-state index < -0.39 is 66.2 Å². The molecule has 0 atom stereocenters. The van der Waals surface area contributed by atoms with Gasteiger partial charge in [0, 0.05) is 6.04 Å². The van der Waals surface area contributed by atoms with E-state index in [-0.39, 0.29) is 0 Å². The van der Waals surface area contributed by atoms with E-state index >= 15 is 0 Å². The highest BCUT2D eigenvalue weighted by Gasteiger charge is 2.49. The molecule has 0 N–H and O–H groups in total. The third-order valence-electron chi connectivity index (χ3n) is 2.18.